The average Bonchev–Trinajstić information content (AvgIpc) is 3.16. The number of hydrogen-bond acceptors (Lipinski definition) is 8. The summed E-state index contributed by atoms with van der Waals surface area (Å²) in [5.41, 5.74) is 0.666. The third kappa shape index (κ3) is 6.31. The maximum Gasteiger partial charge on any atom is 0.335 e. The molecule has 0 aliphatic rings. The molecule has 0 unspecified atom stereocenters. The van der Waals surface area contributed by atoms with E-state index in [1.807, 2.05) is 13.8 Å². The molecule has 0 spiro atoms. The van der Waals surface area contributed by atoms with Gasteiger partial charge in [0.2, 0.25) is 21.6 Å². The molecular formula is C19H25N3O6S. The summed E-state index contributed by atoms with van der Waals surface area (Å²) >= 11 is 0. The lowest BCUT2D eigenvalue weighted by Gasteiger charge is -2.16. The molecule has 9 nitrogen and oxygen atoms in total. The topological polar surface area (TPSA) is 121 Å². The van der Waals surface area contributed by atoms with E-state index in [-0.39, 0.29) is 11.8 Å². The lowest BCUT2D eigenvalue weighted by atomic mass is 10.0. The smallest absolute Gasteiger partial charge is 0.335 e. The molecule has 0 saturated heterocycles. The number of sulfone groups is 1. The molecule has 29 heavy (non-hydrogen) atoms. The Kier molecular flexibility index (Phi) is 7.38. The van der Waals surface area contributed by atoms with Gasteiger partial charge in [-0.05, 0) is 36.6 Å². The Morgan fingerprint density at radius 1 is 1.24 bits per heavy atom. The first kappa shape index (κ1) is 22.4. The molecule has 2 rings (SSSR count). The summed E-state index contributed by atoms with van der Waals surface area (Å²) in [6, 6.07) is 4.61. The quantitative estimate of drug-likeness (QED) is 0.611. The number of nitrogens with one attached hydrogen (secondary N) is 1. The molecule has 0 fully saturated rings. The standard InChI is InChI=1S/C19H25N3O6S/c1-12(2)10-15(18-21-22-19(28-18)29(5,24)25)20-17(23)9-6-13-11-14(26-3)7-8-16(13)27-4/h6-9,11-12,15H,10H2,1-5H3,(H,20,23)/b9-6+/t15-/m0/s1. The Balaban J connectivity index is 2.20. The van der Waals surface area contributed by atoms with E-state index in [9.17, 15) is 13.2 Å². The molecule has 0 radical (unpaired) electrons. The van der Waals surface area contributed by atoms with E-state index >= 15 is 0 Å². The molecule has 1 amide bonds. The predicted octanol–water partition coefficient (Wildman–Crippen LogP) is 2.41. The van der Waals surface area contributed by atoms with E-state index in [0.717, 1.165) is 6.26 Å². The van der Waals surface area contributed by atoms with Crippen molar-refractivity contribution in [3.63, 3.8) is 0 Å². The third-order valence-electron chi connectivity index (χ3n) is 3.91. The van der Waals surface area contributed by atoms with Gasteiger partial charge in [0.1, 0.15) is 17.5 Å². The zero-order valence-electron chi connectivity index (χ0n) is 17.0. The first-order chi connectivity index (χ1) is 13.6. The molecule has 158 valence electrons. The fourth-order valence-corrected chi connectivity index (χ4v) is 2.98. The van der Waals surface area contributed by atoms with E-state index in [4.69, 9.17) is 13.9 Å². The van der Waals surface area contributed by atoms with Crippen LogP contribution < -0.4 is 14.8 Å². The van der Waals surface area contributed by atoms with E-state index in [1.54, 1.807) is 31.4 Å². The zero-order valence-corrected chi connectivity index (χ0v) is 17.8. The second-order valence-corrected chi connectivity index (χ2v) is 8.70. The van der Waals surface area contributed by atoms with Gasteiger partial charge >= 0.3 is 5.22 Å². The van der Waals surface area contributed by atoms with Gasteiger partial charge in [0.15, 0.2) is 0 Å². The average molecular weight is 423 g/mol. The molecule has 0 aliphatic carbocycles. The number of amides is 1. The van der Waals surface area contributed by atoms with Gasteiger partial charge in [0, 0.05) is 17.9 Å². The highest BCUT2D eigenvalue weighted by Crippen LogP contribution is 2.25. The minimum atomic E-state index is -3.63. The molecule has 2 aromatic rings. The summed E-state index contributed by atoms with van der Waals surface area (Å²) < 4.78 is 38.9. The highest BCUT2D eigenvalue weighted by molar-refractivity contribution is 7.90. The zero-order chi connectivity index (χ0) is 21.6. The van der Waals surface area contributed by atoms with Crippen molar-refractivity contribution in [1.29, 1.82) is 0 Å². The van der Waals surface area contributed by atoms with Crippen LogP contribution in [-0.4, -0.2) is 45.0 Å². The fraction of sp³-hybridized carbons (Fsp3) is 0.421. The van der Waals surface area contributed by atoms with Crippen molar-refractivity contribution in [1.82, 2.24) is 15.5 Å². The monoisotopic (exact) mass is 423 g/mol. The molecule has 10 heteroatoms. The van der Waals surface area contributed by atoms with Crippen LogP contribution in [0.3, 0.4) is 0 Å². The lowest BCUT2D eigenvalue weighted by molar-refractivity contribution is -0.117. The van der Waals surface area contributed by atoms with Crippen molar-refractivity contribution in [2.45, 2.75) is 31.5 Å². The first-order valence-corrected chi connectivity index (χ1v) is 10.8. The summed E-state index contributed by atoms with van der Waals surface area (Å²) in [6.45, 7) is 3.92. The number of aromatic nitrogens is 2. The van der Waals surface area contributed by atoms with E-state index in [0.29, 0.717) is 23.5 Å². The second kappa shape index (κ2) is 9.55. The largest absolute Gasteiger partial charge is 0.497 e. The third-order valence-corrected chi connectivity index (χ3v) is 4.71. The van der Waals surface area contributed by atoms with Gasteiger partial charge in [-0.1, -0.05) is 18.9 Å². The van der Waals surface area contributed by atoms with Crippen molar-refractivity contribution in [2.24, 2.45) is 5.92 Å². The van der Waals surface area contributed by atoms with Crippen molar-refractivity contribution in [2.75, 3.05) is 20.5 Å². The van der Waals surface area contributed by atoms with Gasteiger partial charge in [0.05, 0.1) is 14.2 Å². The van der Waals surface area contributed by atoms with Gasteiger partial charge in [-0.2, -0.15) is 0 Å². The Morgan fingerprint density at radius 2 is 1.97 bits per heavy atom. The summed E-state index contributed by atoms with van der Waals surface area (Å²) in [4.78, 5) is 12.5. The molecule has 1 aromatic heterocycles. The molecule has 0 saturated carbocycles. The number of carbonyl (C=O) groups is 1. The number of methoxy groups -OCH3 is 2. The van der Waals surface area contributed by atoms with Crippen LogP contribution in [0.15, 0.2) is 33.9 Å². The van der Waals surface area contributed by atoms with Crippen LogP contribution >= 0.6 is 0 Å². The van der Waals surface area contributed by atoms with Gasteiger partial charge in [-0.15, -0.1) is 5.10 Å². The maximum atomic E-state index is 12.5. The highest BCUT2D eigenvalue weighted by Gasteiger charge is 2.24. The molecule has 1 N–H and O–H groups in total. The van der Waals surface area contributed by atoms with Crippen LogP contribution in [0.2, 0.25) is 0 Å². The van der Waals surface area contributed by atoms with Crippen molar-refractivity contribution < 1.29 is 27.1 Å². The fourth-order valence-electron chi connectivity index (χ4n) is 2.56. The summed E-state index contributed by atoms with van der Waals surface area (Å²) in [7, 11) is -0.542. The van der Waals surface area contributed by atoms with Crippen LogP contribution in [0.1, 0.15) is 37.8 Å². The number of carbonyl (C=O) groups excluding carboxylic acids is 1. The number of rotatable bonds is 9. The van der Waals surface area contributed by atoms with Crippen LogP contribution in [0, 0.1) is 5.92 Å². The number of benzene rings is 1. The van der Waals surface area contributed by atoms with Gasteiger partial charge in [0.25, 0.3) is 0 Å². The van der Waals surface area contributed by atoms with Gasteiger partial charge in [-0.3, -0.25) is 4.79 Å². The molecule has 0 aliphatic heterocycles. The minimum absolute atomic E-state index is 0.0415. The molecular weight excluding hydrogens is 398 g/mol. The predicted molar refractivity (Wildman–Crippen MR) is 106 cm³/mol. The Labute approximate surface area is 170 Å². The normalized spacial score (nSPS) is 12.9. The van der Waals surface area contributed by atoms with Crippen LogP contribution in [0.25, 0.3) is 6.08 Å². The number of ether oxygens (including phenoxy) is 2. The van der Waals surface area contributed by atoms with Gasteiger partial charge < -0.3 is 19.2 Å². The van der Waals surface area contributed by atoms with E-state index in [2.05, 4.69) is 15.5 Å². The summed E-state index contributed by atoms with van der Waals surface area (Å²) in [5, 5.41) is 9.64. The van der Waals surface area contributed by atoms with Crippen molar-refractivity contribution in [3.05, 3.63) is 35.7 Å². The van der Waals surface area contributed by atoms with E-state index < -0.39 is 27.0 Å². The minimum Gasteiger partial charge on any atom is -0.497 e. The van der Waals surface area contributed by atoms with Crippen molar-refractivity contribution in [3.8, 4) is 11.5 Å². The molecule has 1 aromatic carbocycles. The Bertz CT molecular complexity index is 982. The first-order valence-electron chi connectivity index (χ1n) is 8.88. The summed E-state index contributed by atoms with van der Waals surface area (Å²) in [6.07, 6.45) is 4.41. The van der Waals surface area contributed by atoms with Crippen LogP contribution in [0.4, 0.5) is 0 Å². The number of nitrogens with zero attached hydrogens (tertiary/aromatic N) is 2. The SMILES string of the molecule is COc1ccc(OC)c(/C=C/C(=O)N[C@@H](CC(C)C)c2nnc(S(C)(=O)=O)o2)c1. The van der Waals surface area contributed by atoms with Crippen LogP contribution in [0.5, 0.6) is 11.5 Å². The molecule has 1 atom stereocenters. The van der Waals surface area contributed by atoms with E-state index in [1.165, 1.54) is 13.2 Å². The number of hydrogen-bond donors (Lipinski definition) is 1. The molecule has 0 bridgehead atoms. The Morgan fingerprint density at radius 3 is 2.52 bits per heavy atom. The highest BCUT2D eigenvalue weighted by atomic mass is 32.2. The Hall–Kier alpha value is -2.88. The van der Waals surface area contributed by atoms with Gasteiger partial charge in [-0.25, -0.2) is 8.42 Å². The van der Waals surface area contributed by atoms with Crippen molar-refractivity contribution >= 4 is 21.8 Å². The second-order valence-electron chi connectivity index (χ2n) is 6.81. The van der Waals surface area contributed by atoms with Crippen LogP contribution in [-0.2, 0) is 14.6 Å². The molecule has 1 heterocycles. The lowest BCUT2D eigenvalue weighted by Crippen LogP contribution is -2.28. The summed E-state index contributed by atoms with van der Waals surface area (Å²) in [5.74, 6) is 1.04. The maximum absolute atomic E-state index is 12.5.